The second-order valence-corrected chi connectivity index (χ2v) is 6.02. The zero-order chi connectivity index (χ0) is 16.8. The standard InChI is InChI=1S/C16H12N4O3S/c1-8(21)12-9(2)23-15-13(12)16(22)20(7-17-15)6-10-4-3-5-11-14(10)19-24-18-11/h3-5,7H,6H2,1-2H3. The molecule has 4 aromatic rings. The van der Waals surface area contributed by atoms with Gasteiger partial charge in [-0.15, -0.1) is 0 Å². The van der Waals surface area contributed by atoms with Gasteiger partial charge < -0.3 is 4.42 Å². The summed E-state index contributed by atoms with van der Waals surface area (Å²) >= 11 is 1.13. The van der Waals surface area contributed by atoms with E-state index in [4.69, 9.17) is 4.42 Å². The first-order valence-electron chi connectivity index (χ1n) is 7.26. The second-order valence-electron chi connectivity index (χ2n) is 5.50. The number of aryl methyl sites for hydroxylation is 1. The van der Waals surface area contributed by atoms with Gasteiger partial charge in [0, 0.05) is 5.56 Å². The number of rotatable bonds is 3. The topological polar surface area (TPSA) is 90.9 Å². The third kappa shape index (κ3) is 2.15. The van der Waals surface area contributed by atoms with Gasteiger partial charge in [0.15, 0.2) is 5.78 Å². The van der Waals surface area contributed by atoms with Crippen LogP contribution in [0.5, 0.6) is 0 Å². The summed E-state index contributed by atoms with van der Waals surface area (Å²) in [7, 11) is 0. The molecule has 0 bridgehead atoms. The third-order valence-corrected chi connectivity index (χ3v) is 4.46. The molecule has 24 heavy (non-hydrogen) atoms. The molecule has 8 heteroatoms. The molecule has 0 N–H and O–H groups in total. The Bertz CT molecular complexity index is 1160. The number of ketones is 1. The van der Waals surface area contributed by atoms with Crippen LogP contribution in [0.4, 0.5) is 0 Å². The summed E-state index contributed by atoms with van der Waals surface area (Å²) in [5.74, 6) is 0.194. The van der Waals surface area contributed by atoms with Gasteiger partial charge in [-0.25, -0.2) is 4.98 Å². The van der Waals surface area contributed by atoms with Gasteiger partial charge in [0.1, 0.15) is 28.5 Å². The van der Waals surface area contributed by atoms with Crippen molar-refractivity contribution in [3.05, 3.63) is 51.8 Å². The van der Waals surface area contributed by atoms with Crippen LogP contribution < -0.4 is 5.56 Å². The van der Waals surface area contributed by atoms with Gasteiger partial charge in [-0.3, -0.25) is 14.2 Å². The van der Waals surface area contributed by atoms with Crippen LogP contribution in [0.1, 0.15) is 28.6 Å². The minimum atomic E-state index is -0.303. The lowest BCUT2D eigenvalue weighted by atomic mass is 10.1. The van der Waals surface area contributed by atoms with Crippen molar-refractivity contribution < 1.29 is 9.21 Å². The molecule has 0 amide bonds. The number of hydrogen-bond donors (Lipinski definition) is 0. The number of Topliss-reactive ketones (excluding diaryl/α,β-unsaturated/α-hetero) is 1. The highest BCUT2D eigenvalue weighted by atomic mass is 32.1. The Morgan fingerprint density at radius 2 is 2.17 bits per heavy atom. The van der Waals surface area contributed by atoms with Gasteiger partial charge in [0.25, 0.3) is 5.56 Å². The van der Waals surface area contributed by atoms with E-state index in [0.29, 0.717) is 17.9 Å². The molecule has 7 nitrogen and oxygen atoms in total. The normalized spacial score (nSPS) is 11.4. The average Bonchev–Trinajstić information content (AvgIpc) is 3.14. The first-order chi connectivity index (χ1) is 11.6. The quantitative estimate of drug-likeness (QED) is 0.532. The molecular weight excluding hydrogens is 328 g/mol. The highest BCUT2D eigenvalue weighted by Crippen LogP contribution is 2.22. The van der Waals surface area contributed by atoms with Crippen molar-refractivity contribution in [2.45, 2.75) is 20.4 Å². The van der Waals surface area contributed by atoms with Gasteiger partial charge in [-0.1, -0.05) is 12.1 Å². The monoisotopic (exact) mass is 340 g/mol. The van der Waals surface area contributed by atoms with Crippen molar-refractivity contribution >= 4 is 39.6 Å². The molecule has 0 atom stereocenters. The number of fused-ring (bicyclic) bond motifs is 2. The maximum absolute atomic E-state index is 12.8. The molecule has 1 aromatic carbocycles. The van der Waals surface area contributed by atoms with Crippen molar-refractivity contribution in [3.63, 3.8) is 0 Å². The van der Waals surface area contributed by atoms with E-state index < -0.39 is 0 Å². The van der Waals surface area contributed by atoms with Crippen LogP contribution >= 0.6 is 11.7 Å². The lowest BCUT2D eigenvalue weighted by molar-refractivity contribution is 0.101. The molecule has 0 saturated heterocycles. The third-order valence-electron chi connectivity index (χ3n) is 3.92. The van der Waals surface area contributed by atoms with Crippen LogP contribution in [-0.4, -0.2) is 24.1 Å². The van der Waals surface area contributed by atoms with Crippen molar-refractivity contribution in [3.8, 4) is 0 Å². The zero-order valence-electron chi connectivity index (χ0n) is 12.9. The summed E-state index contributed by atoms with van der Waals surface area (Å²) in [6.07, 6.45) is 1.43. The number of carbonyl (C=O) groups excluding carboxylic acids is 1. The van der Waals surface area contributed by atoms with Crippen molar-refractivity contribution in [1.29, 1.82) is 0 Å². The van der Waals surface area contributed by atoms with Crippen LogP contribution in [-0.2, 0) is 6.54 Å². The molecule has 0 aliphatic carbocycles. The fourth-order valence-electron chi connectivity index (χ4n) is 2.85. The highest BCUT2D eigenvalue weighted by molar-refractivity contribution is 7.00. The minimum absolute atomic E-state index is 0.187. The van der Waals surface area contributed by atoms with E-state index in [1.54, 1.807) is 6.92 Å². The Kier molecular flexibility index (Phi) is 3.27. The molecule has 3 aromatic heterocycles. The van der Waals surface area contributed by atoms with Crippen molar-refractivity contribution in [2.75, 3.05) is 0 Å². The van der Waals surface area contributed by atoms with Gasteiger partial charge in [0.05, 0.1) is 23.8 Å². The summed E-state index contributed by atoms with van der Waals surface area (Å²) in [5.41, 5.74) is 2.61. The highest BCUT2D eigenvalue weighted by Gasteiger charge is 2.20. The number of hydrogen-bond acceptors (Lipinski definition) is 7. The summed E-state index contributed by atoms with van der Waals surface area (Å²) in [4.78, 5) is 28.9. The van der Waals surface area contributed by atoms with E-state index in [1.165, 1.54) is 17.8 Å². The molecule has 0 radical (unpaired) electrons. The first kappa shape index (κ1) is 14.7. The van der Waals surface area contributed by atoms with Crippen molar-refractivity contribution in [2.24, 2.45) is 0 Å². The predicted molar refractivity (Wildman–Crippen MR) is 89.5 cm³/mol. The maximum atomic E-state index is 12.8. The Morgan fingerprint density at radius 3 is 2.96 bits per heavy atom. The minimum Gasteiger partial charge on any atom is -0.442 e. The smallest absolute Gasteiger partial charge is 0.265 e. The van der Waals surface area contributed by atoms with E-state index in [0.717, 1.165) is 28.3 Å². The van der Waals surface area contributed by atoms with Gasteiger partial charge in [0.2, 0.25) is 5.71 Å². The number of nitrogens with zero attached hydrogens (tertiary/aromatic N) is 4. The second kappa shape index (κ2) is 5.34. The number of furan rings is 1. The largest absolute Gasteiger partial charge is 0.442 e. The SMILES string of the molecule is CC(=O)c1c(C)oc2ncn(Cc3cccc4nsnc34)c(=O)c12. The van der Waals surface area contributed by atoms with Gasteiger partial charge in [-0.05, 0) is 19.9 Å². The van der Waals surface area contributed by atoms with Gasteiger partial charge in [-0.2, -0.15) is 8.75 Å². The maximum Gasteiger partial charge on any atom is 0.265 e. The molecule has 3 heterocycles. The molecule has 0 saturated carbocycles. The Labute approximate surface area is 139 Å². The van der Waals surface area contributed by atoms with E-state index in [1.807, 2.05) is 18.2 Å². The molecule has 4 rings (SSSR count). The summed E-state index contributed by atoms with van der Waals surface area (Å²) in [5, 5.41) is 0.228. The van der Waals surface area contributed by atoms with Crippen LogP contribution in [0.25, 0.3) is 22.1 Å². The molecule has 0 unspecified atom stereocenters. The molecule has 120 valence electrons. The molecular formula is C16H12N4O3S. The Balaban J connectivity index is 1.90. The lowest BCUT2D eigenvalue weighted by Gasteiger charge is -2.05. The van der Waals surface area contributed by atoms with Crippen LogP contribution in [0, 0.1) is 6.92 Å². The molecule has 0 spiro atoms. The first-order valence-corrected chi connectivity index (χ1v) is 7.99. The van der Waals surface area contributed by atoms with E-state index in [-0.39, 0.29) is 22.4 Å². The summed E-state index contributed by atoms with van der Waals surface area (Å²) in [6, 6.07) is 5.64. The molecule has 0 aliphatic heterocycles. The number of benzene rings is 1. The molecule has 0 aliphatic rings. The summed E-state index contributed by atoms with van der Waals surface area (Å²) in [6.45, 7) is 3.37. The van der Waals surface area contributed by atoms with Crippen LogP contribution in [0.3, 0.4) is 0 Å². The van der Waals surface area contributed by atoms with Gasteiger partial charge >= 0.3 is 0 Å². The fraction of sp³-hybridized carbons (Fsp3) is 0.188. The number of aromatic nitrogens is 4. The Hall–Kier alpha value is -2.87. The van der Waals surface area contributed by atoms with E-state index in [9.17, 15) is 9.59 Å². The van der Waals surface area contributed by atoms with Crippen molar-refractivity contribution in [1.82, 2.24) is 18.3 Å². The van der Waals surface area contributed by atoms with E-state index >= 15 is 0 Å². The van der Waals surface area contributed by atoms with Crippen LogP contribution in [0.15, 0.2) is 33.7 Å². The lowest BCUT2D eigenvalue weighted by Crippen LogP contribution is -2.22. The number of carbonyl (C=O) groups is 1. The molecule has 0 fully saturated rings. The Morgan fingerprint density at radius 1 is 1.33 bits per heavy atom. The zero-order valence-corrected chi connectivity index (χ0v) is 13.8. The predicted octanol–water partition coefficient (Wildman–Crippen LogP) is 2.55. The average molecular weight is 340 g/mol. The van der Waals surface area contributed by atoms with Crippen LogP contribution in [0.2, 0.25) is 0 Å². The summed E-state index contributed by atoms with van der Waals surface area (Å²) < 4.78 is 15.4. The fourth-order valence-corrected chi connectivity index (χ4v) is 3.42. The van der Waals surface area contributed by atoms with E-state index in [2.05, 4.69) is 13.7 Å².